The molecule has 0 saturated carbocycles. The van der Waals surface area contributed by atoms with E-state index in [2.05, 4.69) is 15.4 Å². The Morgan fingerprint density at radius 1 is 1.08 bits per heavy atom. The van der Waals surface area contributed by atoms with Crippen molar-refractivity contribution in [3.63, 3.8) is 0 Å². The molecule has 1 amide bonds. The van der Waals surface area contributed by atoms with Gasteiger partial charge in [0.1, 0.15) is 5.75 Å². The highest BCUT2D eigenvalue weighted by atomic mass is 35.5. The third-order valence-corrected chi connectivity index (χ3v) is 3.46. The lowest BCUT2D eigenvalue weighted by molar-refractivity contribution is -0.121. The van der Waals surface area contributed by atoms with Crippen molar-refractivity contribution in [1.29, 1.82) is 0 Å². The van der Waals surface area contributed by atoms with Crippen LogP contribution in [-0.4, -0.2) is 30.7 Å². The second-order valence-electron chi connectivity index (χ2n) is 4.81. The molecular formula is C17H15ClN2O4S. The van der Waals surface area contributed by atoms with Gasteiger partial charge >= 0.3 is 5.97 Å². The molecule has 0 radical (unpaired) electrons. The Kier molecular flexibility index (Phi) is 6.73. The summed E-state index contributed by atoms with van der Waals surface area (Å²) >= 11 is 10.8. The number of ether oxygens (including phenoxy) is 2. The van der Waals surface area contributed by atoms with Crippen molar-refractivity contribution < 1.29 is 19.1 Å². The number of methoxy groups -OCH3 is 1. The van der Waals surface area contributed by atoms with Crippen molar-refractivity contribution in [2.24, 2.45) is 0 Å². The van der Waals surface area contributed by atoms with Gasteiger partial charge in [0, 0.05) is 10.7 Å². The molecule has 0 aliphatic carbocycles. The Hall–Kier alpha value is -2.64. The van der Waals surface area contributed by atoms with Crippen LogP contribution in [0.5, 0.6) is 5.75 Å². The fourth-order valence-electron chi connectivity index (χ4n) is 1.81. The predicted octanol–water partition coefficient (Wildman–Crippen LogP) is 3.02. The molecule has 25 heavy (non-hydrogen) atoms. The average Bonchev–Trinajstić information content (AvgIpc) is 2.61. The first-order chi connectivity index (χ1) is 12.0. The maximum atomic E-state index is 11.8. The number of halogens is 1. The Morgan fingerprint density at radius 2 is 1.72 bits per heavy atom. The standard InChI is InChI=1S/C17H15ClN2O4S/c1-23-16(22)11-2-8-14(9-3-11)24-10-15(21)20-17(25)19-13-6-4-12(18)5-7-13/h2-9H,10H2,1H3,(H2,19,20,21,25). The number of thiocarbonyl (C=S) groups is 1. The molecule has 2 rings (SSSR count). The Morgan fingerprint density at radius 3 is 2.32 bits per heavy atom. The van der Waals surface area contributed by atoms with Gasteiger partial charge in [0.15, 0.2) is 11.7 Å². The van der Waals surface area contributed by atoms with Gasteiger partial charge in [0.25, 0.3) is 5.91 Å². The van der Waals surface area contributed by atoms with Gasteiger partial charge in [-0.1, -0.05) is 11.6 Å². The summed E-state index contributed by atoms with van der Waals surface area (Å²) in [5.74, 6) is -0.411. The van der Waals surface area contributed by atoms with Gasteiger partial charge < -0.3 is 14.8 Å². The number of amides is 1. The number of hydrogen-bond donors (Lipinski definition) is 2. The molecule has 0 aromatic heterocycles. The minimum Gasteiger partial charge on any atom is -0.484 e. The topological polar surface area (TPSA) is 76.7 Å². The molecule has 0 saturated heterocycles. The smallest absolute Gasteiger partial charge is 0.337 e. The highest BCUT2D eigenvalue weighted by molar-refractivity contribution is 7.80. The molecule has 0 bridgehead atoms. The van der Waals surface area contributed by atoms with E-state index in [1.54, 1.807) is 48.5 Å². The van der Waals surface area contributed by atoms with Crippen LogP contribution < -0.4 is 15.4 Å². The Balaban J connectivity index is 1.79. The van der Waals surface area contributed by atoms with E-state index < -0.39 is 11.9 Å². The Labute approximate surface area is 155 Å². The number of esters is 1. The van der Waals surface area contributed by atoms with E-state index in [9.17, 15) is 9.59 Å². The van der Waals surface area contributed by atoms with Crippen molar-refractivity contribution in [2.75, 3.05) is 19.0 Å². The lowest BCUT2D eigenvalue weighted by Gasteiger charge is -2.10. The van der Waals surface area contributed by atoms with E-state index in [-0.39, 0.29) is 11.7 Å². The molecule has 8 heteroatoms. The second-order valence-corrected chi connectivity index (χ2v) is 5.66. The fourth-order valence-corrected chi connectivity index (χ4v) is 2.17. The molecule has 2 N–H and O–H groups in total. The zero-order valence-electron chi connectivity index (χ0n) is 13.2. The van der Waals surface area contributed by atoms with Crippen molar-refractivity contribution in [2.45, 2.75) is 0 Å². The third-order valence-electron chi connectivity index (χ3n) is 3.00. The van der Waals surface area contributed by atoms with E-state index >= 15 is 0 Å². The van der Waals surface area contributed by atoms with Gasteiger partial charge in [-0.3, -0.25) is 10.1 Å². The number of carbonyl (C=O) groups is 2. The lowest BCUT2D eigenvalue weighted by Crippen LogP contribution is -2.37. The SMILES string of the molecule is COC(=O)c1ccc(OCC(=O)NC(=S)Nc2ccc(Cl)cc2)cc1. The minimum atomic E-state index is -0.442. The molecule has 2 aromatic carbocycles. The van der Waals surface area contributed by atoms with Crippen LogP contribution in [0.25, 0.3) is 0 Å². The first kappa shape index (κ1) is 18.7. The summed E-state index contributed by atoms with van der Waals surface area (Å²) in [4.78, 5) is 23.2. The summed E-state index contributed by atoms with van der Waals surface area (Å²) < 4.78 is 9.93. The molecule has 0 unspecified atom stereocenters. The Bertz CT molecular complexity index is 763. The van der Waals surface area contributed by atoms with Gasteiger partial charge in [0.2, 0.25) is 0 Å². The number of nitrogens with one attached hydrogen (secondary N) is 2. The highest BCUT2D eigenvalue weighted by Gasteiger charge is 2.08. The molecule has 0 spiro atoms. The maximum absolute atomic E-state index is 11.8. The molecular weight excluding hydrogens is 364 g/mol. The number of hydrogen-bond acceptors (Lipinski definition) is 5. The van der Waals surface area contributed by atoms with Crippen LogP contribution >= 0.6 is 23.8 Å². The zero-order valence-corrected chi connectivity index (χ0v) is 14.8. The van der Waals surface area contributed by atoms with Crippen LogP contribution in [0.15, 0.2) is 48.5 Å². The van der Waals surface area contributed by atoms with Crippen LogP contribution in [0.4, 0.5) is 5.69 Å². The van der Waals surface area contributed by atoms with Crippen LogP contribution in [0.1, 0.15) is 10.4 Å². The van der Waals surface area contributed by atoms with E-state index in [0.717, 1.165) is 0 Å². The quantitative estimate of drug-likeness (QED) is 0.615. The lowest BCUT2D eigenvalue weighted by atomic mass is 10.2. The summed E-state index contributed by atoms with van der Waals surface area (Å²) in [7, 11) is 1.30. The number of rotatable bonds is 5. The first-order valence-electron chi connectivity index (χ1n) is 7.15. The van der Waals surface area contributed by atoms with Gasteiger partial charge in [-0.2, -0.15) is 0 Å². The van der Waals surface area contributed by atoms with Crippen LogP contribution in [0.2, 0.25) is 5.02 Å². The molecule has 2 aromatic rings. The van der Waals surface area contributed by atoms with E-state index in [1.807, 2.05) is 0 Å². The summed E-state index contributed by atoms with van der Waals surface area (Å²) in [5, 5.41) is 6.11. The molecule has 0 aliphatic heterocycles. The second kappa shape index (κ2) is 9.00. The maximum Gasteiger partial charge on any atom is 0.337 e. The molecule has 0 atom stereocenters. The molecule has 0 aliphatic rings. The number of carbonyl (C=O) groups excluding carboxylic acids is 2. The summed E-state index contributed by atoms with van der Waals surface area (Å²) in [5.41, 5.74) is 1.10. The minimum absolute atomic E-state index is 0.150. The van der Waals surface area contributed by atoms with E-state index in [1.165, 1.54) is 7.11 Å². The normalized spacial score (nSPS) is 9.84. The third kappa shape index (κ3) is 6.06. The van der Waals surface area contributed by atoms with Crippen molar-refractivity contribution >= 4 is 46.5 Å². The van der Waals surface area contributed by atoms with Crippen molar-refractivity contribution in [3.05, 3.63) is 59.1 Å². The molecule has 130 valence electrons. The summed E-state index contributed by atoms with van der Waals surface area (Å²) in [6.07, 6.45) is 0. The molecule has 0 heterocycles. The van der Waals surface area contributed by atoms with E-state index in [4.69, 9.17) is 28.6 Å². The van der Waals surface area contributed by atoms with Gasteiger partial charge in [-0.05, 0) is 60.7 Å². The number of benzene rings is 2. The first-order valence-corrected chi connectivity index (χ1v) is 7.94. The predicted molar refractivity (Wildman–Crippen MR) is 99.1 cm³/mol. The van der Waals surface area contributed by atoms with Crippen molar-refractivity contribution in [1.82, 2.24) is 5.32 Å². The fraction of sp³-hybridized carbons (Fsp3) is 0.118. The van der Waals surface area contributed by atoms with Gasteiger partial charge in [-0.25, -0.2) is 4.79 Å². The monoisotopic (exact) mass is 378 g/mol. The van der Waals surface area contributed by atoms with Crippen LogP contribution in [-0.2, 0) is 9.53 Å². The van der Waals surface area contributed by atoms with Gasteiger partial charge in [0.05, 0.1) is 12.7 Å². The summed E-state index contributed by atoms with van der Waals surface area (Å²) in [6, 6.07) is 13.1. The number of anilines is 1. The summed E-state index contributed by atoms with van der Waals surface area (Å²) in [6.45, 7) is -0.222. The average molecular weight is 379 g/mol. The van der Waals surface area contributed by atoms with Crippen LogP contribution in [0.3, 0.4) is 0 Å². The van der Waals surface area contributed by atoms with Crippen LogP contribution in [0, 0.1) is 0 Å². The highest BCUT2D eigenvalue weighted by Crippen LogP contribution is 2.14. The largest absolute Gasteiger partial charge is 0.484 e. The molecule has 0 fully saturated rings. The zero-order chi connectivity index (χ0) is 18.2. The van der Waals surface area contributed by atoms with E-state index in [0.29, 0.717) is 22.0 Å². The molecule has 6 nitrogen and oxygen atoms in total. The van der Waals surface area contributed by atoms with Crippen molar-refractivity contribution in [3.8, 4) is 5.75 Å². The van der Waals surface area contributed by atoms with Gasteiger partial charge in [-0.15, -0.1) is 0 Å².